The second-order valence-corrected chi connectivity index (χ2v) is 5.26. The van der Waals surface area contributed by atoms with E-state index in [1.54, 1.807) is 24.3 Å². The van der Waals surface area contributed by atoms with Gasteiger partial charge in [0.2, 0.25) is 0 Å². The van der Waals surface area contributed by atoms with E-state index in [0.717, 1.165) is 5.56 Å². The summed E-state index contributed by atoms with van der Waals surface area (Å²) in [7, 11) is 0. The molecule has 4 heteroatoms. The van der Waals surface area contributed by atoms with E-state index in [1.807, 2.05) is 30.3 Å². The van der Waals surface area contributed by atoms with E-state index in [4.69, 9.17) is 9.15 Å². The highest BCUT2D eigenvalue weighted by Crippen LogP contribution is 2.35. The molecule has 0 saturated carbocycles. The van der Waals surface area contributed by atoms with Gasteiger partial charge in [0.25, 0.3) is 0 Å². The zero-order valence-corrected chi connectivity index (χ0v) is 11.6. The summed E-state index contributed by atoms with van der Waals surface area (Å²) in [5.74, 6) is -0.103. The Kier molecular flexibility index (Phi) is 2.82. The Morgan fingerprint density at radius 3 is 2.32 bits per heavy atom. The van der Waals surface area contributed by atoms with Crippen molar-refractivity contribution in [1.29, 1.82) is 0 Å². The monoisotopic (exact) mass is 292 g/mol. The lowest BCUT2D eigenvalue weighted by atomic mass is 10.0. The molecule has 0 saturated heterocycles. The molecule has 1 aromatic heterocycles. The first-order valence-corrected chi connectivity index (χ1v) is 7.04. The molecule has 0 bridgehead atoms. The van der Waals surface area contributed by atoms with Gasteiger partial charge in [-0.25, -0.2) is 9.59 Å². The van der Waals surface area contributed by atoms with Crippen LogP contribution in [0.2, 0.25) is 0 Å². The van der Waals surface area contributed by atoms with Gasteiger partial charge in [-0.1, -0.05) is 48.5 Å². The van der Waals surface area contributed by atoms with Gasteiger partial charge in [0, 0.05) is 11.8 Å². The molecular weight excluding hydrogens is 280 g/mol. The van der Waals surface area contributed by atoms with Gasteiger partial charge >= 0.3 is 11.6 Å². The lowest BCUT2D eigenvalue weighted by molar-refractivity contribution is 0.0357. The maximum absolute atomic E-state index is 12.2. The molecule has 3 aromatic rings. The number of carbonyl (C=O) groups excluding carboxylic acids is 1. The highest BCUT2D eigenvalue weighted by Gasteiger charge is 2.36. The first-order chi connectivity index (χ1) is 10.7. The quantitative estimate of drug-likeness (QED) is 0.680. The number of hydrogen-bond acceptors (Lipinski definition) is 4. The molecule has 22 heavy (non-hydrogen) atoms. The van der Waals surface area contributed by atoms with Crippen molar-refractivity contribution in [2.75, 3.05) is 0 Å². The lowest BCUT2D eigenvalue weighted by Crippen LogP contribution is -2.07. The molecule has 4 nitrogen and oxygen atoms in total. The van der Waals surface area contributed by atoms with Gasteiger partial charge < -0.3 is 9.15 Å². The second kappa shape index (κ2) is 4.84. The molecule has 0 unspecified atom stereocenters. The molecule has 0 spiro atoms. The van der Waals surface area contributed by atoms with E-state index in [2.05, 4.69) is 0 Å². The van der Waals surface area contributed by atoms with Crippen molar-refractivity contribution in [2.45, 2.75) is 12.5 Å². The topological polar surface area (TPSA) is 56.5 Å². The molecule has 2 aromatic carbocycles. The zero-order chi connectivity index (χ0) is 15.1. The first-order valence-electron chi connectivity index (χ1n) is 7.04. The van der Waals surface area contributed by atoms with Gasteiger partial charge in [-0.2, -0.15) is 0 Å². The summed E-state index contributed by atoms with van der Waals surface area (Å²) >= 11 is 0. The summed E-state index contributed by atoms with van der Waals surface area (Å²) < 4.78 is 10.8. The van der Waals surface area contributed by atoms with Gasteiger partial charge in [0.15, 0.2) is 11.9 Å². The normalized spacial score (nSPS) is 16.5. The van der Waals surface area contributed by atoms with Gasteiger partial charge in [-0.05, 0) is 11.6 Å². The van der Waals surface area contributed by atoms with Crippen molar-refractivity contribution in [3.8, 4) is 0 Å². The van der Waals surface area contributed by atoms with Crippen LogP contribution in [0.25, 0.3) is 10.8 Å². The van der Waals surface area contributed by atoms with Crippen LogP contribution in [0.1, 0.15) is 27.8 Å². The Bertz CT molecular complexity index is 925. The molecule has 2 heterocycles. The Morgan fingerprint density at radius 2 is 1.55 bits per heavy atom. The van der Waals surface area contributed by atoms with E-state index in [1.165, 1.54) is 0 Å². The molecule has 1 aliphatic heterocycles. The SMILES string of the molecule is O=C1O[C@H](Cc2ccccc2)c2oc(=O)c3ccccc3c21. The van der Waals surface area contributed by atoms with Crippen LogP contribution >= 0.6 is 0 Å². The van der Waals surface area contributed by atoms with Gasteiger partial charge in [-0.3, -0.25) is 0 Å². The standard InChI is InChI=1S/C18H12O4/c19-17-13-9-5-4-8-12(13)15-16(22-17)14(21-18(15)20)10-11-6-2-1-3-7-11/h1-9,14H,10H2/t14-/m1/s1. The fraction of sp³-hybridized carbons (Fsp3) is 0.111. The van der Waals surface area contributed by atoms with Crippen LogP contribution in [-0.4, -0.2) is 5.97 Å². The zero-order valence-electron chi connectivity index (χ0n) is 11.6. The second-order valence-electron chi connectivity index (χ2n) is 5.26. The maximum atomic E-state index is 12.2. The van der Waals surface area contributed by atoms with Crippen LogP contribution in [0.15, 0.2) is 63.8 Å². The molecule has 1 atom stereocenters. The van der Waals surface area contributed by atoms with Crippen molar-refractivity contribution in [3.05, 3.63) is 81.9 Å². The molecule has 0 fully saturated rings. The summed E-state index contributed by atoms with van der Waals surface area (Å²) in [6.45, 7) is 0. The minimum Gasteiger partial charge on any atom is -0.450 e. The van der Waals surface area contributed by atoms with Crippen LogP contribution < -0.4 is 5.63 Å². The van der Waals surface area contributed by atoms with E-state index in [0.29, 0.717) is 28.5 Å². The molecule has 1 aliphatic rings. The summed E-state index contributed by atoms with van der Waals surface area (Å²) in [6.07, 6.45) is -0.0665. The Balaban J connectivity index is 1.86. The Hall–Kier alpha value is -2.88. The fourth-order valence-electron chi connectivity index (χ4n) is 2.86. The number of esters is 1. The van der Waals surface area contributed by atoms with Crippen molar-refractivity contribution in [3.63, 3.8) is 0 Å². The molecule has 0 N–H and O–H groups in total. The fourth-order valence-corrected chi connectivity index (χ4v) is 2.86. The van der Waals surface area contributed by atoms with Gasteiger partial charge in [0.05, 0.1) is 5.39 Å². The minimum absolute atomic E-state index is 0.331. The molecule has 4 rings (SSSR count). The molecule has 0 aliphatic carbocycles. The van der Waals surface area contributed by atoms with Crippen molar-refractivity contribution < 1.29 is 13.9 Å². The highest BCUT2D eigenvalue weighted by molar-refractivity contribution is 6.06. The van der Waals surface area contributed by atoms with Crippen LogP contribution in [0.4, 0.5) is 0 Å². The minimum atomic E-state index is -0.554. The third-order valence-electron chi connectivity index (χ3n) is 3.88. The summed E-state index contributed by atoms with van der Waals surface area (Å²) in [5.41, 5.74) is 0.950. The molecule has 108 valence electrons. The predicted octanol–water partition coefficient (Wildman–Crippen LogP) is 3.25. The summed E-state index contributed by atoms with van der Waals surface area (Å²) in [6, 6.07) is 16.6. The van der Waals surface area contributed by atoms with Crippen LogP contribution in [0, 0.1) is 0 Å². The van der Waals surface area contributed by atoms with Crippen LogP contribution in [-0.2, 0) is 11.2 Å². The number of fused-ring (bicyclic) bond motifs is 3. The Labute approximate surface area is 126 Å². The van der Waals surface area contributed by atoms with Crippen LogP contribution in [0.5, 0.6) is 0 Å². The first kappa shape index (κ1) is 12.8. The number of ether oxygens (including phenoxy) is 1. The number of benzene rings is 2. The van der Waals surface area contributed by atoms with Gasteiger partial charge in [-0.15, -0.1) is 0 Å². The summed E-state index contributed by atoms with van der Waals surface area (Å²) in [4.78, 5) is 24.3. The van der Waals surface area contributed by atoms with Gasteiger partial charge in [0.1, 0.15) is 5.56 Å². The number of hydrogen-bond donors (Lipinski definition) is 0. The van der Waals surface area contributed by atoms with Crippen molar-refractivity contribution in [2.24, 2.45) is 0 Å². The van der Waals surface area contributed by atoms with E-state index < -0.39 is 17.7 Å². The number of carbonyl (C=O) groups is 1. The molecule has 0 amide bonds. The number of cyclic esters (lactones) is 1. The van der Waals surface area contributed by atoms with Crippen molar-refractivity contribution in [1.82, 2.24) is 0 Å². The smallest absolute Gasteiger partial charge is 0.344 e. The van der Waals surface area contributed by atoms with E-state index >= 15 is 0 Å². The van der Waals surface area contributed by atoms with E-state index in [9.17, 15) is 9.59 Å². The largest absolute Gasteiger partial charge is 0.450 e. The van der Waals surface area contributed by atoms with Crippen LogP contribution in [0.3, 0.4) is 0 Å². The van der Waals surface area contributed by atoms with Crippen molar-refractivity contribution >= 4 is 16.7 Å². The highest BCUT2D eigenvalue weighted by atomic mass is 16.6. The lowest BCUT2D eigenvalue weighted by Gasteiger charge is -2.09. The third-order valence-corrected chi connectivity index (χ3v) is 3.88. The predicted molar refractivity (Wildman–Crippen MR) is 80.8 cm³/mol. The van der Waals surface area contributed by atoms with E-state index in [-0.39, 0.29) is 0 Å². The Morgan fingerprint density at radius 1 is 0.864 bits per heavy atom. The average molecular weight is 292 g/mol. The maximum Gasteiger partial charge on any atom is 0.344 e. The molecular formula is C18H12O4. The third kappa shape index (κ3) is 1.92. The summed E-state index contributed by atoms with van der Waals surface area (Å²) in [5, 5.41) is 0.993. The molecule has 0 radical (unpaired) electrons. The number of rotatable bonds is 2. The average Bonchev–Trinajstić information content (AvgIpc) is 2.84.